The van der Waals surface area contributed by atoms with Gasteiger partial charge in [-0.05, 0) is 34.1 Å². The molecule has 0 fully saturated rings. The van der Waals surface area contributed by atoms with Gasteiger partial charge in [0.05, 0.1) is 6.04 Å². The third-order valence-corrected chi connectivity index (χ3v) is 2.22. The van der Waals surface area contributed by atoms with Gasteiger partial charge in [0.25, 0.3) is 0 Å². The fourth-order valence-corrected chi connectivity index (χ4v) is 1.24. The highest BCUT2D eigenvalue weighted by molar-refractivity contribution is 5.89. The second-order valence-corrected chi connectivity index (χ2v) is 5.36. The molecule has 0 aromatic rings. The van der Waals surface area contributed by atoms with Crippen LogP contribution in [0.5, 0.6) is 0 Å². The number of nitrogens with two attached hydrogens (primary N) is 1. The first-order chi connectivity index (χ1) is 8.17. The number of hydrogen-bond donors (Lipinski definition) is 3. The van der Waals surface area contributed by atoms with Gasteiger partial charge < -0.3 is 21.1 Å². The van der Waals surface area contributed by atoms with Gasteiger partial charge in [-0.2, -0.15) is 0 Å². The second kappa shape index (κ2) is 7.33. The Morgan fingerprint density at radius 3 is 2.28 bits per heavy atom. The van der Waals surface area contributed by atoms with Crippen LogP contribution in [0.4, 0.5) is 0 Å². The van der Waals surface area contributed by atoms with Gasteiger partial charge >= 0.3 is 0 Å². The van der Waals surface area contributed by atoms with Gasteiger partial charge in [-0.3, -0.25) is 9.59 Å². The lowest BCUT2D eigenvalue weighted by Gasteiger charge is -2.24. The van der Waals surface area contributed by atoms with Crippen LogP contribution < -0.4 is 16.4 Å². The molecule has 0 heterocycles. The van der Waals surface area contributed by atoms with Crippen LogP contribution in [0.15, 0.2) is 0 Å². The number of amides is 2. The first kappa shape index (κ1) is 16.9. The van der Waals surface area contributed by atoms with Gasteiger partial charge in [-0.1, -0.05) is 0 Å². The van der Waals surface area contributed by atoms with Crippen LogP contribution in [0, 0.1) is 0 Å². The first-order valence-corrected chi connectivity index (χ1v) is 6.04. The van der Waals surface area contributed by atoms with Crippen molar-refractivity contribution in [2.24, 2.45) is 5.73 Å². The third kappa shape index (κ3) is 7.24. The molecule has 0 aliphatic heterocycles. The van der Waals surface area contributed by atoms with E-state index in [2.05, 4.69) is 10.6 Å². The minimum absolute atomic E-state index is 0.227. The van der Waals surface area contributed by atoms with Crippen LogP contribution in [-0.4, -0.2) is 43.2 Å². The van der Waals surface area contributed by atoms with Gasteiger partial charge in [0, 0.05) is 19.3 Å². The van der Waals surface area contributed by atoms with Crippen molar-refractivity contribution in [1.82, 2.24) is 10.6 Å². The van der Waals surface area contributed by atoms with Crippen LogP contribution >= 0.6 is 0 Å². The fourth-order valence-electron chi connectivity index (χ4n) is 1.24. The van der Waals surface area contributed by atoms with Crippen LogP contribution in [-0.2, 0) is 14.3 Å². The summed E-state index contributed by atoms with van der Waals surface area (Å²) >= 11 is 0. The molecule has 2 amide bonds. The van der Waals surface area contributed by atoms with Crippen LogP contribution in [0.1, 0.15) is 34.1 Å². The minimum Gasteiger partial charge on any atom is -0.385 e. The summed E-state index contributed by atoms with van der Waals surface area (Å²) in [5, 5.41) is 5.37. The van der Waals surface area contributed by atoms with E-state index >= 15 is 0 Å². The second-order valence-electron chi connectivity index (χ2n) is 5.36. The molecule has 0 rings (SSSR count). The van der Waals surface area contributed by atoms with E-state index in [1.807, 2.05) is 20.8 Å². The highest BCUT2D eigenvalue weighted by Gasteiger charge is 2.22. The molecule has 2 unspecified atom stereocenters. The fraction of sp³-hybridized carbons (Fsp3) is 0.833. The Kier molecular flexibility index (Phi) is 6.86. The summed E-state index contributed by atoms with van der Waals surface area (Å²) in [6.45, 7) is 7.68. The average Bonchev–Trinajstić information content (AvgIpc) is 2.23. The molecule has 18 heavy (non-hydrogen) atoms. The molecule has 0 aromatic carbocycles. The molecule has 0 aliphatic rings. The highest BCUT2D eigenvalue weighted by Crippen LogP contribution is 1.99. The Balaban J connectivity index is 4.18. The standard InChI is InChI=1S/C12H25N3O3/c1-8(10(16)15-12(2,3)4)14-11(17)9(13)6-7-18-5/h8-9H,6-7,13H2,1-5H3,(H,14,17)(H,15,16). The SMILES string of the molecule is COCCC(N)C(=O)NC(C)C(=O)NC(C)(C)C. The topological polar surface area (TPSA) is 93.4 Å². The summed E-state index contributed by atoms with van der Waals surface area (Å²) in [6, 6.07) is -1.26. The van der Waals surface area contributed by atoms with E-state index in [1.165, 1.54) is 0 Å². The van der Waals surface area contributed by atoms with Crippen molar-refractivity contribution < 1.29 is 14.3 Å². The predicted octanol–water partition coefficient (Wildman–Crippen LogP) is -0.230. The van der Waals surface area contributed by atoms with Crippen molar-refractivity contribution >= 4 is 11.8 Å². The van der Waals surface area contributed by atoms with E-state index in [9.17, 15) is 9.59 Å². The molecule has 0 radical (unpaired) electrons. The van der Waals surface area contributed by atoms with Crippen molar-refractivity contribution in [3.8, 4) is 0 Å². The van der Waals surface area contributed by atoms with Crippen molar-refractivity contribution in [2.45, 2.75) is 51.7 Å². The highest BCUT2D eigenvalue weighted by atomic mass is 16.5. The number of hydrogen-bond acceptors (Lipinski definition) is 4. The Bertz CT molecular complexity index is 287. The largest absolute Gasteiger partial charge is 0.385 e. The van der Waals surface area contributed by atoms with E-state index in [0.717, 1.165) is 0 Å². The average molecular weight is 259 g/mol. The van der Waals surface area contributed by atoms with Crippen molar-refractivity contribution in [1.29, 1.82) is 0 Å². The van der Waals surface area contributed by atoms with Gasteiger partial charge in [0.15, 0.2) is 0 Å². The maximum Gasteiger partial charge on any atom is 0.242 e. The smallest absolute Gasteiger partial charge is 0.242 e. The van der Waals surface area contributed by atoms with E-state index < -0.39 is 12.1 Å². The molecule has 0 aromatic heterocycles. The molecule has 2 atom stereocenters. The summed E-state index contributed by atoms with van der Waals surface area (Å²) in [5.74, 6) is -0.571. The molecule has 6 heteroatoms. The Morgan fingerprint density at radius 2 is 1.83 bits per heavy atom. The lowest BCUT2D eigenvalue weighted by molar-refractivity contribution is -0.130. The minimum atomic E-state index is -0.658. The predicted molar refractivity (Wildman–Crippen MR) is 70.0 cm³/mol. The monoisotopic (exact) mass is 259 g/mol. The van der Waals surface area contributed by atoms with E-state index in [-0.39, 0.29) is 17.4 Å². The molecule has 0 aliphatic carbocycles. The lowest BCUT2D eigenvalue weighted by atomic mass is 10.1. The molecule has 0 spiro atoms. The van der Waals surface area contributed by atoms with Gasteiger partial charge in [-0.15, -0.1) is 0 Å². The van der Waals surface area contributed by atoms with Crippen molar-refractivity contribution in [3.05, 3.63) is 0 Å². The normalized spacial score (nSPS) is 14.8. The van der Waals surface area contributed by atoms with Crippen LogP contribution in [0.25, 0.3) is 0 Å². The molecule has 0 saturated heterocycles. The summed E-state index contributed by atoms with van der Waals surface area (Å²) in [4.78, 5) is 23.4. The summed E-state index contributed by atoms with van der Waals surface area (Å²) in [6.07, 6.45) is 0.427. The number of rotatable bonds is 6. The van der Waals surface area contributed by atoms with E-state index in [4.69, 9.17) is 10.5 Å². The zero-order valence-electron chi connectivity index (χ0n) is 11.9. The summed E-state index contributed by atoms with van der Waals surface area (Å²) < 4.78 is 4.84. The first-order valence-electron chi connectivity index (χ1n) is 6.04. The van der Waals surface area contributed by atoms with E-state index in [0.29, 0.717) is 13.0 Å². The molecule has 0 saturated carbocycles. The Morgan fingerprint density at radius 1 is 1.28 bits per heavy atom. The number of methoxy groups -OCH3 is 1. The zero-order valence-corrected chi connectivity index (χ0v) is 11.9. The quantitative estimate of drug-likeness (QED) is 0.614. The molecule has 106 valence electrons. The Hall–Kier alpha value is -1.14. The summed E-state index contributed by atoms with van der Waals surface area (Å²) in [5.41, 5.74) is 5.33. The van der Waals surface area contributed by atoms with E-state index in [1.54, 1.807) is 14.0 Å². The number of carbonyl (C=O) groups is 2. The van der Waals surface area contributed by atoms with Gasteiger partial charge in [-0.25, -0.2) is 0 Å². The molecule has 0 bridgehead atoms. The Labute approximate surface area is 109 Å². The molecular weight excluding hydrogens is 234 g/mol. The van der Waals surface area contributed by atoms with Gasteiger partial charge in [0.1, 0.15) is 6.04 Å². The van der Waals surface area contributed by atoms with Gasteiger partial charge in [0.2, 0.25) is 11.8 Å². The number of ether oxygens (including phenoxy) is 1. The number of carbonyl (C=O) groups excluding carboxylic acids is 2. The molecule has 6 nitrogen and oxygen atoms in total. The number of nitrogens with one attached hydrogen (secondary N) is 2. The molecular formula is C12H25N3O3. The van der Waals surface area contributed by atoms with Crippen LogP contribution in [0.2, 0.25) is 0 Å². The zero-order chi connectivity index (χ0) is 14.3. The maximum absolute atomic E-state index is 11.7. The third-order valence-electron chi connectivity index (χ3n) is 2.22. The maximum atomic E-state index is 11.7. The molecule has 4 N–H and O–H groups in total. The van der Waals surface area contributed by atoms with Crippen molar-refractivity contribution in [2.75, 3.05) is 13.7 Å². The van der Waals surface area contributed by atoms with Crippen molar-refractivity contribution in [3.63, 3.8) is 0 Å². The lowest BCUT2D eigenvalue weighted by Crippen LogP contribution is -2.53. The summed E-state index contributed by atoms with van der Waals surface area (Å²) in [7, 11) is 1.55. The van der Waals surface area contributed by atoms with Crippen LogP contribution in [0.3, 0.4) is 0 Å².